The van der Waals surface area contributed by atoms with Gasteiger partial charge < -0.3 is 37.0 Å². The van der Waals surface area contributed by atoms with E-state index in [2.05, 4.69) is 16.0 Å². The number of carbonyl (C=O) groups excluding carboxylic acids is 3. The lowest BCUT2D eigenvalue weighted by Crippen LogP contribution is -2.58. The van der Waals surface area contributed by atoms with Gasteiger partial charge in [0.15, 0.2) is 0 Å². The maximum absolute atomic E-state index is 12.5. The van der Waals surface area contributed by atoms with Crippen molar-refractivity contribution in [3.63, 3.8) is 0 Å². The number of rotatable bonds is 11. The molecule has 0 aliphatic heterocycles. The molecule has 172 valence electrons. The van der Waals surface area contributed by atoms with Crippen LogP contribution in [0.5, 0.6) is 5.75 Å². The van der Waals surface area contributed by atoms with Gasteiger partial charge in [-0.05, 0) is 37.0 Å². The first-order valence-corrected chi connectivity index (χ1v) is 9.74. The van der Waals surface area contributed by atoms with Crippen LogP contribution in [0.4, 0.5) is 0 Å². The number of hydrogen-bond donors (Lipinski definition) is 7. The Balaban J connectivity index is 2.68. The topological polar surface area (TPSA) is 191 Å². The molecule has 0 spiro atoms. The number of nitrogens with one attached hydrogen (secondary N) is 3. The number of phenols is 1. The highest BCUT2D eigenvalue weighted by atomic mass is 16.4. The molecule has 0 saturated carbocycles. The summed E-state index contributed by atoms with van der Waals surface area (Å²) >= 11 is 0. The molecule has 0 aromatic heterocycles. The minimum atomic E-state index is -1.50. The Morgan fingerprint density at radius 2 is 1.52 bits per heavy atom. The Bertz CT molecular complexity index is 782. The third-order valence-corrected chi connectivity index (χ3v) is 4.52. The van der Waals surface area contributed by atoms with Crippen molar-refractivity contribution in [2.45, 2.75) is 51.4 Å². The molecule has 0 aliphatic rings. The van der Waals surface area contributed by atoms with E-state index in [4.69, 9.17) is 15.9 Å². The van der Waals surface area contributed by atoms with Crippen LogP contribution < -0.4 is 21.7 Å². The summed E-state index contributed by atoms with van der Waals surface area (Å²) in [5.74, 6) is -3.72. The first kappa shape index (κ1) is 25.9. The van der Waals surface area contributed by atoms with Gasteiger partial charge in [0.1, 0.15) is 23.9 Å². The molecule has 11 heteroatoms. The van der Waals surface area contributed by atoms with Crippen LogP contribution in [0, 0.1) is 5.92 Å². The van der Waals surface area contributed by atoms with Crippen molar-refractivity contribution in [3.8, 4) is 5.75 Å². The number of amides is 3. The summed E-state index contributed by atoms with van der Waals surface area (Å²) < 4.78 is 0. The molecule has 3 amide bonds. The van der Waals surface area contributed by atoms with Crippen molar-refractivity contribution in [3.05, 3.63) is 29.8 Å². The van der Waals surface area contributed by atoms with Gasteiger partial charge in [-0.25, -0.2) is 4.79 Å². The van der Waals surface area contributed by atoms with Gasteiger partial charge in [0, 0.05) is 0 Å². The summed E-state index contributed by atoms with van der Waals surface area (Å²) in [5.41, 5.74) is 6.61. The molecule has 0 radical (unpaired) electrons. The predicted molar refractivity (Wildman–Crippen MR) is 111 cm³/mol. The minimum absolute atomic E-state index is 0.0875. The van der Waals surface area contributed by atoms with Gasteiger partial charge in [0.2, 0.25) is 17.7 Å². The summed E-state index contributed by atoms with van der Waals surface area (Å²) in [4.78, 5) is 48.1. The molecule has 11 nitrogen and oxygen atoms in total. The SMILES string of the molecule is CC(NC(=O)C(N)Cc1ccc(O)cc1)C(=O)NC(C(=O)NC(CO)C(=O)O)C(C)C. The van der Waals surface area contributed by atoms with Crippen LogP contribution in [0.1, 0.15) is 26.3 Å². The molecule has 0 fully saturated rings. The number of carbonyl (C=O) groups is 4. The van der Waals surface area contributed by atoms with E-state index in [1.165, 1.54) is 19.1 Å². The number of phenolic OH excluding ortho intramolecular Hbond substituents is 1. The Labute approximate surface area is 180 Å². The van der Waals surface area contributed by atoms with E-state index < -0.39 is 60.4 Å². The summed E-state index contributed by atoms with van der Waals surface area (Å²) in [6.07, 6.45) is 0.190. The molecule has 0 bridgehead atoms. The van der Waals surface area contributed by atoms with Crippen LogP contribution in [-0.4, -0.2) is 69.8 Å². The zero-order valence-electron chi connectivity index (χ0n) is 17.7. The van der Waals surface area contributed by atoms with E-state index in [9.17, 15) is 24.3 Å². The quantitative estimate of drug-likeness (QED) is 0.216. The summed E-state index contributed by atoms with van der Waals surface area (Å²) in [5, 5.41) is 34.4. The van der Waals surface area contributed by atoms with Crippen LogP contribution >= 0.6 is 0 Å². The number of carboxylic acid groups (broad SMARTS) is 1. The third kappa shape index (κ3) is 8.22. The highest BCUT2D eigenvalue weighted by molar-refractivity contribution is 5.94. The molecule has 31 heavy (non-hydrogen) atoms. The Kier molecular flexibility index (Phi) is 9.90. The molecule has 4 atom stereocenters. The number of aliphatic hydroxyl groups excluding tert-OH is 1. The fourth-order valence-electron chi connectivity index (χ4n) is 2.62. The molecular formula is C20H30N4O7. The summed E-state index contributed by atoms with van der Waals surface area (Å²) in [6, 6.07) is 1.66. The second-order valence-electron chi connectivity index (χ2n) is 7.52. The lowest BCUT2D eigenvalue weighted by Gasteiger charge is -2.25. The van der Waals surface area contributed by atoms with Crippen LogP contribution in [0.25, 0.3) is 0 Å². The van der Waals surface area contributed by atoms with Gasteiger partial charge in [-0.2, -0.15) is 0 Å². The molecule has 0 saturated heterocycles. The highest BCUT2D eigenvalue weighted by Gasteiger charge is 2.30. The fourth-order valence-corrected chi connectivity index (χ4v) is 2.62. The number of carboxylic acids is 1. The number of aliphatic hydroxyl groups is 1. The van der Waals surface area contributed by atoms with Crippen molar-refractivity contribution in [1.82, 2.24) is 16.0 Å². The molecule has 0 heterocycles. The molecule has 1 aromatic carbocycles. The molecule has 8 N–H and O–H groups in total. The lowest BCUT2D eigenvalue weighted by atomic mass is 10.0. The monoisotopic (exact) mass is 438 g/mol. The van der Waals surface area contributed by atoms with E-state index >= 15 is 0 Å². The Morgan fingerprint density at radius 3 is 2.00 bits per heavy atom. The number of benzene rings is 1. The van der Waals surface area contributed by atoms with Crippen LogP contribution in [0.3, 0.4) is 0 Å². The van der Waals surface area contributed by atoms with E-state index in [0.717, 1.165) is 5.56 Å². The maximum atomic E-state index is 12.5. The number of aliphatic carboxylic acids is 1. The van der Waals surface area contributed by atoms with Crippen molar-refractivity contribution < 1.29 is 34.5 Å². The Morgan fingerprint density at radius 1 is 0.935 bits per heavy atom. The van der Waals surface area contributed by atoms with E-state index in [1.54, 1.807) is 26.0 Å². The summed E-state index contributed by atoms with van der Waals surface area (Å²) in [6.45, 7) is 3.92. The lowest BCUT2D eigenvalue weighted by molar-refractivity contribution is -0.143. The summed E-state index contributed by atoms with van der Waals surface area (Å²) in [7, 11) is 0. The van der Waals surface area contributed by atoms with E-state index in [-0.39, 0.29) is 12.2 Å². The highest BCUT2D eigenvalue weighted by Crippen LogP contribution is 2.11. The van der Waals surface area contributed by atoms with Crippen molar-refractivity contribution in [1.29, 1.82) is 0 Å². The van der Waals surface area contributed by atoms with Crippen molar-refractivity contribution in [2.75, 3.05) is 6.61 Å². The first-order chi connectivity index (χ1) is 14.5. The molecule has 1 aromatic rings. The zero-order valence-corrected chi connectivity index (χ0v) is 17.7. The van der Waals surface area contributed by atoms with Gasteiger partial charge in [-0.1, -0.05) is 26.0 Å². The van der Waals surface area contributed by atoms with Crippen molar-refractivity contribution >= 4 is 23.7 Å². The van der Waals surface area contributed by atoms with Crippen LogP contribution in [0.15, 0.2) is 24.3 Å². The molecule has 4 unspecified atom stereocenters. The third-order valence-electron chi connectivity index (χ3n) is 4.52. The second-order valence-corrected chi connectivity index (χ2v) is 7.52. The van der Waals surface area contributed by atoms with Crippen LogP contribution in [0.2, 0.25) is 0 Å². The zero-order chi connectivity index (χ0) is 23.7. The largest absolute Gasteiger partial charge is 0.508 e. The van der Waals surface area contributed by atoms with Gasteiger partial charge in [0.25, 0.3) is 0 Å². The Hall–Kier alpha value is -3.18. The first-order valence-electron chi connectivity index (χ1n) is 9.74. The average Bonchev–Trinajstić information content (AvgIpc) is 2.70. The predicted octanol–water partition coefficient (Wildman–Crippen LogP) is -1.53. The second kappa shape index (κ2) is 11.9. The fraction of sp³-hybridized carbons (Fsp3) is 0.500. The smallest absolute Gasteiger partial charge is 0.328 e. The van der Waals surface area contributed by atoms with Crippen molar-refractivity contribution in [2.24, 2.45) is 11.7 Å². The van der Waals surface area contributed by atoms with Crippen LogP contribution in [-0.2, 0) is 25.6 Å². The molecular weight excluding hydrogens is 408 g/mol. The van der Waals surface area contributed by atoms with Gasteiger partial charge in [0.05, 0.1) is 12.6 Å². The normalized spacial score (nSPS) is 14.8. The molecule has 0 aliphatic carbocycles. The van der Waals surface area contributed by atoms with Gasteiger partial charge in [-0.3, -0.25) is 14.4 Å². The maximum Gasteiger partial charge on any atom is 0.328 e. The van der Waals surface area contributed by atoms with E-state index in [0.29, 0.717) is 0 Å². The number of aromatic hydroxyl groups is 1. The number of hydrogen-bond acceptors (Lipinski definition) is 7. The minimum Gasteiger partial charge on any atom is -0.508 e. The number of nitrogens with two attached hydrogens (primary N) is 1. The standard InChI is InChI=1S/C20H30N4O7/c1-10(2)16(19(29)23-15(9-25)20(30)31)24-17(27)11(3)22-18(28)14(21)8-12-4-6-13(26)7-5-12/h4-7,10-11,14-16,25-26H,8-9,21H2,1-3H3,(H,22,28)(H,23,29)(H,24,27)(H,30,31). The van der Waals surface area contributed by atoms with Gasteiger partial charge >= 0.3 is 5.97 Å². The van der Waals surface area contributed by atoms with Gasteiger partial charge in [-0.15, -0.1) is 0 Å². The van der Waals surface area contributed by atoms with E-state index in [1.807, 2.05) is 0 Å². The average molecular weight is 438 g/mol. The molecule has 1 rings (SSSR count).